The molecule has 1 unspecified atom stereocenters. The standard InChI is InChI=1S/C20H28O3Si/c1-5-22-20(21)14-11-16(2)19-15-18(23-24(19,3)4)13-12-17-9-7-6-8-10-17/h6-11,14,18H,5,12-13,15H2,1-4H3/b14-11+,19-16+. The topological polar surface area (TPSA) is 35.5 Å². The average Bonchev–Trinajstić information content (AvgIpc) is 2.87. The minimum Gasteiger partial charge on any atom is -0.463 e. The van der Waals surface area contributed by atoms with Crippen molar-refractivity contribution in [1.29, 1.82) is 0 Å². The highest BCUT2D eigenvalue weighted by atomic mass is 28.4. The minimum atomic E-state index is -1.85. The van der Waals surface area contributed by atoms with Crippen molar-refractivity contribution in [3.05, 3.63) is 58.8 Å². The third kappa shape index (κ3) is 5.18. The van der Waals surface area contributed by atoms with Gasteiger partial charge < -0.3 is 9.16 Å². The molecule has 24 heavy (non-hydrogen) atoms. The Kier molecular flexibility index (Phi) is 6.57. The van der Waals surface area contributed by atoms with Crippen molar-refractivity contribution in [3.8, 4) is 0 Å². The first-order valence-corrected chi connectivity index (χ1v) is 11.6. The summed E-state index contributed by atoms with van der Waals surface area (Å²) in [5, 5.41) is 1.40. The molecule has 1 atom stereocenters. The first-order valence-electron chi connectivity index (χ1n) is 8.69. The number of aryl methyl sites for hydroxylation is 1. The van der Waals surface area contributed by atoms with E-state index in [-0.39, 0.29) is 12.1 Å². The number of rotatable bonds is 6. The summed E-state index contributed by atoms with van der Waals surface area (Å²) in [7, 11) is -1.85. The van der Waals surface area contributed by atoms with Gasteiger partial charge in [-0.15, -0.1) is 0 Å². The molecule has 0 saturated carbocycles. The van der Waals surface area contributed by atoms with Gasteiger partial charge in [-0.3, -0.25) is 0 Å². The molecule has 1 aliphatic rings. The van der Waals surface area contributed by atoms with E-state index in [1.54, 1.807) is 0 Å². The fraction of sp³-hybridized carbons (Fsp3) is 0.450. The van der Waals surface area contributed by atoms with Crippen LogP contribution < -0.4 is 0 Å². The molecule has 1 fully saturated rings. The predicted molar refractivity (Wildman–Crippen MR) is 100 cm³/mol. The number of esters is 1. The van der Waals surface area contributed by atoms with Gasteiger partial charge >= 0.3 is 5.97 Å². The maximum atomic E-state index is 11.5. The Bertz CT molecular complexity index is 617. The summed E-state index contributed by atoms with van der Waals surface area (Å²) in [6, 6.07) is 10.5. The van der Waals surface area contributed by atoms with Crippen molar-refractivity contribution in [2.75, 3.05) is 6.61 Å². The number of benzene rings is 1. The van der Waals surface area contributed by atoms with Gasteiger partial charge in [0.05, 0.1) is 6.61 Å². The first-order chi connectivity index (χ1) is 11.4. The Morgan fingerprint density at radius 1 is 1.29 bits per heavy atom. The Morgan fingerprint density at radius 3 is 2.67 bits per heavy atom. The lowest BCUT2D eigenvalue weighted by atomic mass is 10.0. The van der Waals surface area contributed by atoms with Crippen molar-refractivity contribution in [2.45, 2.75) is 52.3 Å². The zero-order chi connectivity index (χ0) is 17.6. The lowest BCUT2D eigenvalue weighted by molar-refractivity contribution is -0.137. The minimum absolute atomic E-state index is 0.281. The van der Waals surface area contributed by atoms with E-state index in [4.69, 9.17) is 9.16 Å². The molecule has 0 aromatic heterocycles. The van der Waals surface area contributed by atoms with Crippen LogP contribution in [0.25, 0.3) is 0 Å². The van der Waals surface area contributed by atoms with Crippen molar-refractivity contribution >= 4 is 14.3 Å². The molecule has 1 heterocycles. The molecular weight excluding hydrogens is 316 g/mol. The highest BCUT2D eigenvalue weighted by Gasteiger charge is 2.39. The van der Waals surface area contributed by atoms with E-state index in [9.17, 15) is 4.79 Å². The zero-order valence-corrected chi connectivity index (χ0v) is 16.2. The van der Waals surface area contributed by atoms with Crippen LogP contribution in [0, 0.1) is 0 Å². The number of carbonyl (C=O) groups is 1. The first kappa shape index (κ1) is 18.7. The summed E-state index contributed by atoms with van der Waals surface area (Å²) in [5.41, 5.74) is 2.51. The van der Waals surface area contributed by atoms with Crippen LogP contribution in [0.1, 0.15) is 32.3 Å². The molecule has 0 amide bonds. The van der Waals surface area contributed by atoms with Crippen LogP contribution in [0.5, 0.6) is 0 Å². The molecule has 1 aromatic rings. The van der Waals surface area contributed by atoms with E-state index >= 15 is 0 Å². The maximum absolute atomic E-state index is 11.5. The van der Waals surface area contributed by atoms with Crippen molar-refractivity contribution in [1.82, 2.24) is 0 Å². The molecule has 4 heteroatoms. The Balaban J connectivity index is 2.00. The molecule has 1 aromatic carbocycles. The largest absolute Gasteiger partial charge is 0.463 e. The van der Waals surface area contributed by atoms with Crippen LogP contribution in [-0.2, 0) is 20.4 Å². The van der Waals surface area contributed by atoms with Crippen molar-refractivity contribution < 1.29 is 14.0 Å². The maximum Gasteiger partial charge on any atom is 0.330 e. The van der Waals surface area contributed by atoms with Gasteiger partial charge in [0, 0.05) is 12.2 Å². The van der Waals surface area contributed by atoms with Crippen LogP contribution in [0.2, 0.25) is 13.1 Å². The van der Waals surface area contributed by atoms with Crippen LogP contribution >= 0.6 is 0 Å². The normalized spacial score (nSPS) is 21.9. The molecule has 130 valence electrons. The Labute approximate surface area is 146 Å². The highest BCUT2D eigenvalue weighted by molar-refractivity contribution is 6.79. The summed E-state index contributed by atoms with van der Waals surface area (Å²) in [6.07, 6.45) is 6.75. The number of allylic oxidation sites excluding steroid dienone is 2. The average molecular weight is 345 g/mol. The van der Waals surface area contributed by atoms with E-state index in [0.29, 0.717) is 6.61 Å². The van der Waals surface area contributed by atoms with Crippen molar-refractivity contribution in [2.24, 2.45) is 0 Å². The monoisotopic (exact) mass is 344 g/mol. The van der Waals surface area contributed by atoms with Gasteiger partial charge in [0.15, 0.2) is 0 Å². The molecule has 1 aliphatic heterocycles. The number of hydrogen-bond donors (Lipinski definition) is 0. The quantitative estimate of drug-likeness (QED) is 0.430. The van der Waals surface area contributed by atoms with Gasteiger partial charge in [0.25, 0.3) is 0 Å². The molecule has 0 radical (unpaired) electrons. The summed E-state index contributed by atoms with van der Waals surface area (Å²) in [4.78, 5) is 11.5. The fourth-order valence-electron chi connectivity index (χ4n) is 3.26. The number of hydrogen-bond acceptors (Lipinski definition) is 3. The second-order valence-electron chi connectivity index (χ2n) is 6.73. The molecule has 0 bridgehead atoms. The lowest BCUT2D eigenvalue weighted by Crippen LogP contribution is -2.29. The Hall–Kier alpha value is -1.65. The predicted octanol–water partition coefficient (Wildman–Crippen LogP) is 4.59. The van der Waals surface area contributed by atoms with E-state index in [2.05, 4.69) is 44.3 Å². The van der Waals surface area contributed by atoms with E-state index in [1.165, 1.54) is 16.8 Å². The highest BCUT2D eigenvalue weighted by Crippen LogP contribution is 2.36. The molecule has 3 nitrogen and oxygen atoms in total. The molecular formula is C20H28O3Si. The lowest BCUT2D eigenvalue weighted by Gasteiger charge is -2.19. The summed E-state index contributed by atoms with van der Waals surface area (Å²) < 4.78 is 11.3. The van der Waals surface area contributed by atoms with Crippen LogP contribution in [0.15, 0.2) is 53.3 Å². The summed E-state index contributed by atoms with van der Waals surface area (Å²) in [6.45, 7) is 8.78. The molecule has 0 N–H and O–H groups in total. The number of ether oxygens (including phenoxy) is 1. The molecule has 0 spiro atoms. The third-order valence-corrected chi connectivity index (χ3v) is 7.42. The van der Waals surface area contributed by atoms with Gasteiger partial charge in [-0.1, -0.05) is 42.0 Å². The van der Waals surface area contributed by atoms with E-state index in [0.717, 1.165) is 24.8 Å². The van der Waals surface area contributed by atoms with Crippen LogP contribution in [0.4, 0.5) is 0 Å². The van der Waals surface area contributed by atoms with Crippen LogP contribution in [-0.4, -0.2) is 27.0 Å². The summed E-state index contributed by atoms with van der Waals surface area (Å²) >= 11 is 0. The third-order valence-electron chi connectivity index (χ3n) is 4.45. The van der Waals surface area contributed by atoms with E-state index < -0.39 is 8.32 Å². The second kappa shape index (κ2) is 8.45. The van der Waals surface area contributed by atoms with Gasteiger partial charge in [0.1, 0.15) is 0 Å². The van der Waals surface area contributed by atoms with Crippen molar-refractivity contribution in [3.63, 3.8) is 0 Å². The molecule has 0 aliphatic carbocycles. The van der Waals surface area contributed by atoms with Crippen LogP contribution in [0.3, 0.4) is 0 Å². The van der Waals surface area contributed by atoms with E-state index in [1.807, 2.05) is 19.1 Å². The number of carbonyl (C=O) groups excluding carboxylic acids is 1. The molecule has 1 saturated heterocycles. The van der Waals surface area contributed by atoms with Gasteiger partial charge in [-0.25, -0.2) is 4.79 Å². The molecule has 2 rings (SSSR count). The summed E-state index contributed by atoms with van der Waals surface area (Å²) in [5.74, 6) is -0.281. The van der Waals surface area contributed by atoms with Gasteiger partial charge in [0.2, 0.25) is 8.32 Å². The SMILES string of the molecule is CCOC(=O)/C=C/C(C)=C1\CC(CCc2ccccc2)O[Si]1(C)C. The van der Waals surface area contributed by atoms with Gasteiger partial charge in [-0.05, 0) is 57.0 Å². The Morgan fingerprint density at radius 2 is 2.00 bits per heavy atom. The van der Waals surface area contributed by atoms with Gasteiger partial charge in [-0.2, -0.15) is 0 Å². The fourth-order valence-corrected chi connectivity index (χ4v) is 6.19. The zero-order valence-electron chi connectivity index (χ0n) is 15.2. The smallest absolute Gasteiger partial charge is 0.330 e. The second-order valence-corrected chi connectivity index (χ2v) is 10.6.